The van der Waals surface area contributed by atoms with E-state index in [9.17, 15) is 12.8 Å². The third-order valence-electron chi connectivity index (χ3n) is 4.71. The Morgan fingerprint density at radius 3 is 2.65 bits per heavy atom. The topological polar surface area (TPSA) is 97.3 Å². The van der Waals surface area contributed by atoms with Crippen LogP contribution in [0.2, 0.25) is 5.02 Å². The van der Waals surface area contributed by atoms with Gasteiger partial charge in [-0.3, -0.25) is 4.98 Å². The molecular formula is C20H19ClFN5O3S. The minimum Gasteiger partial charge on any atom is -0.378 e. The molecule has 1 saturated heterocycles. The summed E-state index contributed by atoms with van der Waals surface area (Å²) in [4.78, 5) is 15.2. The molecule has 1 N–H and O–H groups in total. The number of halogens is 2. The quantitative estimate of drug-likeness (QED) is 0.615. The van der Waals surface area contributed by atoms with Crippen molar-refractivity contribution < 1.29 is 17.5 Å². The average molecular weight is 464 g/mol. The highest BCUT2D eigenvalue weighted by molar-refractivity contribution is 7.90. The van der Waals surface area contributed by atoms with Crippen molar-refractivity contribution >= 4 is 38.9 Å². The lowest BCUT2D eigenvalue weighted by Crippen LogP contribution is -2.37. The molecule has 1 aromatic carbocycles. The second kappa shape index (κ2) is 8.74. The number of sulfone groups is 1. The van der Waals surface area contributed by atoms with Gasteiger partial charge in [0, 0.05) is 54.8 Å². The van der Waals surface area contributed by atoms with Gasteiger partial charge in [-0.1, -0.05) is 11.6 Å². The Morgan fingerprint density at radius 2 is 1.94 bits per heavy atom. The first-order valence-corrected chi connectivity index (χ1v) is 11.7. The van der Waals surface area contributed by atoms with Crippen LogP contribution >= 0.6 is 11.6 Å². The first kappa shape index (κ1) is 21.4. The number of morpholine rings is 1. The van der Waals surface area contributed by atoms with Crippen LogP contribution in [0.1, 0.15) is 0 Å². The molecule has 11 heteroatoms. The van der Waals surface area contributed by atoms with Crippen molar-refractivity contribution in [1.29, 1.82) is 0 Å². The number of rotatable bonds is 5. The predicted octanol–water partition coefficient (Wildman–Crippen LogP) is 3.31. The lowest BCUT2D eigenvalue weighted by atomic mass is 10.1. The van der Waals surface area contributed by atoms with E-state index < -0.39 is 15.7 Å². The zero-order chi connectivity index (χ0) is 22.0. The van der Waals surface area contributed by atoms with Gasteiger partial charge in [-0.05, 0) is 24.3 Å². The fourth-order valence-electron chi connectivity index (χ4n) is 3.12. The molecule has 0 amide bonds. The molecule has 3 heterocycles. The smallest absolute Gasteiger partial charge is 0.229 e. The third kappa shape index (κ3) is 4.92. The number of pyridine rings is 1. The normalized spacial score (nSPS) is 14.5. The first-order chi connectivity index (χ1) is 14.8. The maximum Gasteiger partial charge on any atom is 0.229 e. The summed E-state index contributed by atoms with van der Waals surface area (Å²) in [5, 5.41) is 3.01. The molecule has 4 rings (SSSR count). The molecule has 1 aliphatic rings. The van der Waals surface area contributed by atoms with Crippen molar-refractivity contribution in [1.82, 2.24) is 15.0 Å². The largest absolute Gasteiger partial charge is 0.378 e. The molecule has 0 saturated carbocycles. The second-order valence-electron chi connectivity index (χ2n) is 6.97. The van der Waals surface area contributed by atoms with E-state index in [2.05, 4.69) is 20.3 Å². The molecule has 1 aliphatic heterocycles. The van der Waals surface area contributed by atoms with Gasteiger partial charge in [0.2, 0.25) is 5.95 Å². The van der Waals surface area contributed by atoms with Crippen molar-refractivity contribution in [3.63, 3.8) is 0 Å². The van der Waals surface area contributed by atoms with Gasteiger partial charge in [-0.25, -0.2) is 17.8 Å². The minimum absolute atomic E-state index is 0.0151. The Morgan fingerprint density at radius 1 is 1.16 bits per heavy atom. The summed E-state index contributed by atoms with van der Waals surface area (Å²) < 4.78 is 42.8. The zero-order valence-electron chi connectivity index (χ0n) is 16.5. The maximum atomic E-state index is 13.4. The van der Waals surface area contributed by atoms with E-state index in [1.54, 1.807) is 18.5 Å². The van der Waals surface area contributed by atoms with Crippen LogP contribution in [0.3, 0.4) is 0 Å². The first-order valence-electron chi connectivity index (χ1n) is 9.38. The van der Waals surface area contributed by atoms with E-state index in [0.717, 1.165) is 6.26 Å². The van der Waals surface area contributed by atoms with Gasteiger partial charge >= 0.3 is 0 Å². The lowest BCUT2D eigenvalue weighted by molar-refractivity contribution is 0.122. The van der Waals surface area contributed by atoms with Gasteiger partial charge in [-0.2, -0.15) is 4.98 Å². The van der Waals surface area contributed by atoms with Crippen LogP contribution in [0.15, 0.2) is 47.8 Å². The average Bonchev–Trinajstić information content (AvgIpc) is 2.76. The lowest BCUT2D eigenvalue weighted by Gasteiger charge is -2.29. The van der Waals surface area contributed by atoms with Crippen molar-refractivity contribution in [2.75, 3.05) is 42.8 Å². The summed E-state index contributed by atoms with van der Waals surface area (Å²) in [7, 11) is -3.42. The fraction of sp³-hybridized carbons (Fsp3) is 0.250. The summed E-state index contributed by atoms with van der Waals surface area (Å²) in [6.45, 7) is 2.32. The van der Waals surface area contributed by atoms with E-state index in [-0.39, 0.29) is 9.92 Å². The molecule has 1 fully saturated rings. The van der Waals surface area contributed by atoms with Crippen LogP contribution in [-0.4, -0.2) is 55.9 Å². The van der Waals surface area contributed by atoms with Gasteiger partial charge in [0.05, 0.1) is 23.1 Å². The number of hydrogen-bond donors (Lipinski definition) is 1. The highest BCUT2D eigenvalue weighted by Crippen LogP contribution is 2.32. The van der Waals surface area contributed by atoms with Crippen molar-refractivity contribution in [3.05, 3.63) is 53.7 Å². The molecule has 0 spiro atoms. The third-order valence-corrected chi connectivity index (χ3v) is 6.08. The molecular weight excluding hydrogens is 445 g/mol. The van der Waals surface area contributed by atoms with E-state index in [1.807, 2.05) is 4.90 Å². The van der Waals surface area contributed by atoms with Crippen LogP contribution < -0.4 is 10.2 Å². The van der Waals surface area contributed by atoms with Crippen molar-refractivity contribution in [3.8, 4) is 11.1 Å². The SMILES string of the molecule is CS(=O)(=O)c1cncc(-c2cnc(Nc3ccc(F)c(Cl)c3)nc2N2CCOCC2)c1. The van der Waals surface area contributed by atoms with E-state index in [4.69, 9.17) is 16.3 Å². The number of hydrogen-bond acceptors (Lipinski definition) is 8. The number of nitrogens with zero attached hydrogens (tertiary/aromatic N) is 4. The molecule has 3 aromatic rings. The van der Waals surface area contributed by atoms with E-state index in [0.29, 0.717) is 54.9 Å². The Kier molecular flexibility index (Phi) is 6.03. The molecule has 31 heavy (non-hydrogen) atoms. The fourth-order valence-corrected chi connectivity index (χ4v) is 3.90. The summed E-state index contributed by atoms with van der Waals surface area (Å²) in [6.07, 6.45) is 5.62. The van der Waals surface area contributed by atoms with E-state index >= 15 is 0 Å². The molecule has 0 radical (unpaired) electrons. The zero-order valence-corrected chi connectivity index (χ0v) is 18.1. The van der Waals surface area contributed by atoms with Crippen LogP contribution in [-0.2, 0) is 14.6 Å². The van der Waals surface area contributed by atoms with Crippen LogP contribution in [0.25, 0.3) is 11.1 Å². The number of ether oxygens (including phenoxy) is 1. The van der Waals surface area contributed by atoms with Crippen LogP contribution in [0.4, 0.5) is 21.8 Å². The predicted molar refractivity (Wildman–Crippen MR) is 116 cm³/mol. The summed E-state index contributed by atoms with van der Waals surface area (Å²) in [6, 6.07) is 5.79. The van der Waals surface area contributed by atoms with Crippen molar-refractivity contribution in [2.45, 2.75) is 4.90 Å². The standard InChI is InChI=1S/C20H19ClFN5O3S/c1-31(28,29)15-8-13(10-23-11-15)16-12-24-20(25-14-2-3-18(22)17(21)9-14)26-19(16)27-4-6-30-7-5-27/h2-3,8-12H,4-7H2,1H3,(H,24,25,26). The number of anilines is 3. The Hall–Kier alpha value is -2.82. The van der Waals surface area contributed by atoms with Crippen LogP contribution in [0.5, 0.6) is 0 Å². The Labute approximate surface area is 184 Å². The molecule has 0 atom stereocenters. The molecule has 8 nitrogen and oxygen atoms in total. The monoisotopic (exact) mass is 463 g/mol. The Bertz CT molecular complexity index is 1220. The molecule has 162 valence electrons. The van der Waals surface area contributed by atoms with Gasteiger partial charge < -0.3 is 15.0 Å². The summed E-state index contributed by atoms with van der Waals surface area (Å²) in [5.41, 5.74) is 1.76. The van der Waals surface area contributed by atoms with Gasteiger partial charge in [-0.15, -0.1) is 0 Å². The maximum absolute atomic E-state index is 13.4. The highest BCUT2D eigenvalue weighted by Gasteiger charge is 2.20. The minimum atomic E-state index is -3.42. The van der Waals surface area contributed by atoms with Gasteiger partial charge in [0.1, 0.15) is 11.6 Å². The van der Waals surface area contributed by atoms with E-state index in [1.165, 1.54) is 24.4 Å². The van der Waals surface area contributed by atoms with Gasteiger partial charge in [0.25, 0.3) is 0 Å². The summed E-state index contributed by atoms with van der Waals surface area (Å²) >= 11 is 5.86. The molecule has 2 aromatic heterocycles. The second-order valence-corrected chi connectivity index (χ2v) is 9.39. The highest BCUT2D eigenvalue weighted by atomic mass is 35.5. The molecule has 0 bridgehead atoms. The number of benzene rings is 1. The van der Waals surface area contributed by atoms with Gasteiger partial charge in [0.15, 0.2) is 9.84 Å². The van der Waals surface area contributed by atoms with Crippen molar-refractivity contribution in [2.24, 2.45) is 0 Å². The molecule has 0 unspecified atom stereocenters. The molecule has 0 aliphatic carbocycles. The summed E-state index contributed by atoms with van der Waals surface area (Å²) in [5.74, 6) is 0.386. The van der Waals surface area contributed by atoms with Crippen LogP contribution in [0, 0.1) is 5.82 Å². The number of aromatic nitrogens is 3. The Balaban J connectivity index is 1.75. The number of nitrogens with one attached hydrogen (secondary N) is 1.